The fourth-order valence-corrected chi connectivity index (χ4v) is 3.50. The monoisotopic (exact) mass is 514 g/mol. The van der Waals surface area contributed by atoms with Crippen molar-refractivity contribution in [2.75, 3.05) is 0 Å². The lowest BCUT2D eigenvalue weighted by Gasteiger charge is -2.22. The van der Waals surface area contributed by atoms with Gasteiger partial charge in [-0.1, -0.05) is 72.8 Å². The van der Waals surface area contributed by atoms with Gasteiger partial charge in [0.1, 0.15) is 18.7 Å². The highest BCUT2D eigenvalue weighted by Crippen LogP contribution is 2.29. The maximum absolute atomic E-state index is 13.1. The van der Waals surface area contributed by atoms with Crippen molar-refractivity contribution in [1.82, 2.24) is 10.6 Å². The van der Waals surface area contributed by atoms with Gasteiger partial charge in [0.05, 0.1) is 5.56 Å². The Hall–Kier alpha value is -4.34. The van der Waals surface area contributed by atoms with Gasteiger partial charge in [-0.2, -0.15) is 13.2 Å². The van der Waals surface area contributed by atoms with Crippen LogP contribution in [0, 0.1) is 0 Å². The molecule has 194 valence electrons. The predicted octanol–water partition coefficient (Wildman–Crippen LogP) is 4.36. The minimum Gasteiger partial charge on any atom is -0.480 e. The molecule has 7 nitrogen and oxygen atoms in total. The van der Waals surface area contributed by atoms with Crippen LogP contribution in [-0.2, 0) is 40.0 Å². The Kier molecular flexibility index (Phi) is 9.26. The lowest BCUT2D eigenvalue weighted by atomic mass is 10.0. The summed E-state index contributed by atoms with van der Waals surface area (Å²) in [7, 11) is 0. The van der Waals surface area contributed by atoms with Gasteiger partial charge in [-0.25, -0.2) is 9.59 Å². The molecule has 2 amide bonds. The highest BCUT2D eigenvalue weighted by molar-refractivity contribution is 5.89. The Morgan fingerprint density at radius 2 is 1.24 bits per heavy atom. The SMILES string of the molecule is O=C(N[C@@H](Cc1ccccc1)C(=O)N[C@@H](Cc1ccc(C(F)(F)F)cc1)C(=O)O)OCc1ccccc1. The zero-order valence-corrected chi connectivity index (χ0v) is 19.6. The average molecular weight is 515 g/mol. The molecule has 0 saturated carbocycles. The first kappa shape index (κ1) is 27.3. The molecule has 3 aromatic carbocycles. The number of nitrogens with one attached hydrogen (secondary N) is 2. The predicted molar refractivity (Wildman–Crippen MR) is 128 cm³/mol. The number of benzene rings is 3. The molecule has 2 atom stereocenters. The number of carbonyl (C=O) groups excluding carboxylic acids is 2. The van der Waals surface area contributed by atoms with E-state index in [0.717, 1.165) is 29.8 Å². The summed E-state index contributed by atoms with van der Waals surface area (Å²) in [6.45, 7) is -0.0297. The normalized spacial score (nSPS) is 12.7. The first-order valence-corrected chi connectivity index (χ1v) is 11.3. The number of hydrogen-bond donors (Lipinski definition) is 3. The lowest BCUT2D eigenvalue weighted by Crippen LogP contribution is -2.53. The number of carboxylic acids is 1. The fraction of sp³-hybridized carbons (Fsp3) is 0.222. The quantitative estimate of drug-likeness (QED) is 0.373. The van der Waals surface area contributed by atoms with Crippen LogP contribution in [0.25, 0.3) is 0 Å². The molecule has 3 rings (SSSR count). The Labute approximate surface area is 211 Å². The Morgan fingerprint density at radius 1 is 0.730 bits per heavy atom. The largest absolute Gasteiger partial charge is 0.480 e. The number of carboxylic acid groups (broad SMARTS) is 1. The van der Waals surface area contributed by atoms with Gasteiger partial charge in [0, 0.05) is 12.8 Å². The van der Waals surface area contributed by atoms with Gasteiger partial charge >= 0.3 is 18.2 Å². The zero-order chi connectivity index (χ0) is 26.8. The third kappa shape index (κ3) is 8.68. The first-order chi connectivity index (χ1) is 17.6. The molecule has 0 spiro atoms. The van der Waals surface area contributed by atoms with Crippen LogP contribution in [0.5, 0.6) is 0 Å². The smallest absolute Gasteiger partial charge is 0.416 e. The number of alkyl halides is 3. The Morgan fingerprint density at radius 3 is 1.78 bits per heavy atom. The molecule has 0 radical (unpaired) electrons. The van der Waals surface area contributed by atoms with Gasteiger partial charge < -0.3 is 20.5 Å². The maximum Gasteiger partial charge on any atom is 0.416 e. The van der Waals surface area contributed by atoms with Crippen molar-refractivity contribution in [2.24, 2.45) is 0 Å². The standard InChI is InChI=1S/C27H25F3N2O5/c28-27(29,30)21-13-11-19(12-14-21)16-23(25(34)35)31-24(33)22(15-18-7-3-1-4-8-18)32-26(36)37-17-20-9-5-2-6-10-20/h1-14,22-23H,15-17H2,(H,31,33)(H,32,36)(H,34,35)/t22-,23-/m0/s1. The van der Waals surface area contributed by atoms with Crippen LogP contribution < -0.4 is 10.6 Å². The molecule has 0 aliphatic rings. The number of aliphatic carboxylic acids is 1. The molecule has 0 aliphatic heterocycles. The van der Waals surface area contributed by atoms with Crippen molar-refractivity contribution < 1.29 is 37.4 Å². The van der Waals surface area contributed by atoms with Gasteiger partial charge in [-0.05, 0) is 28.8 Å². The Balaban J connectivity index is 1.69. The van der Waals surface area contributed by atoms with Crippen molar-refractivity contribution in [2.45, 2.75) is 37.7 Å². The number of halogens is 3. The van der Waals surface area contributed by atoms with Crippen LogP contribution >= 0.6 is 0 Å². The van der Waals surface area contributed by atoms with Crippen LogP contribution in [0.3, 0.4) is 0 Å². The molecule has 10 heteroatoms. The molecular weight excluding hydrogens is 489 g/mol. The molecule has 0 unspecified atom stereocenters. The number of amides is 2. The van der Waals surface area contributed by atoms with Crippen molar-refractivity contribution in [3.8, 4) is 0 Å². The maximum atomic E-state index is 13.1. The van der Waals surface area contributed by atoms with Gasteiger partial charge in [0.15, 0.2) is 0 Å². The van der Waals surface area contributed by atoms with E-state index in [1.165, 1.54) is 0 Å². The number of carbonyl (C=O) groups is 3. The van der Waals surface area contributed by atoms with Crippen LogP contribution in [0.2, 0.25) is 0 Å². The molecule has 0 fully saturated rings. The number of hydrogen-bond acceptors (Lipinski definition) is 4. The molecule has 0 bridgehead atoms. The van der Waals surface area contributed by atoms with Crippen LogP contribution in [0.4, 0.5) is 18.0 Å². The molecule has 0 aliphatic carbocycles. The van der Waals surface area contributed by atoms with E-state index in [0.29, 0.717) is 5.56 Å². The molecule has 0 saturated heterocycles. The van der Waals surface area contributed by atoms with Crippen molar-refractivity contribution in [1.29, 1.82) is 0 Å². The van der Waals surface area contributed by atoms with Gasteiger partial charge in [0.25, 0.3) is 0 Å². The van der Waals surface area contributed by atoms with E-state index >= 15 is 0 Å². The molecule has 3 N–H and O–H groups in total. The molecular formula is C27H25F3N2O5. The van der Waals surface area contributed by atoms with Crippen molar-refractivity contribution >= 4 is 18.0 Å². The van der Waals surface area contributed by atoms with E-state index in [9.17, 15) is 32.7 Å². The Bertz CT molecular complexity index is 1190. The van der Waals surface area contributed by atoms with E-state index < -0.39 is 41.8 Å². The fourth-order valence-electron chi connectivity index (χ4n) is 3.50. The van der Waals surface area contributed by atoms with E-state index in [1.54, 1.807) is 54.6 Å². The summed E-state index contributed by atoms with van der Waals surface area (Å²) in [6.07, 6.45) is -5.59. The van der Waals surface area contributed by atoms with Crippen molar-refractivity contribution in [3.63, 3.8) is 0 Å². The minimum atomic E-state index is -4.52. The van der Waals surface area contributed by atoms with Gasteiger partial charge in [-0.3, -0.25) is 4.79 Å². The van der Waals surface area contributed by atoms with Gasteiger partial charge in [0.2, 0.25) is 5.91 Å². The minimum absolute atomic E-state index is 0.0297. The van der Waals surface area contributed by atoms with Crippen molar-refractivity contribution in [3.05, 3.63) is 107 Å². The summed E-state index contributed by atoms with van der Waals surface area (Å²) in [4.78, 5) is 37.3. The third-order valence-electron chi connectivity index (χ3n) is 5.44. The summed E-state index contributed by atoms with van der Waals surface area (Å²) in [5, 5.41) is 14.5. The van der Waals surface area contributed by atoms with Crippen LogP contribution in [0.1, 0.15) is 22.3 Å². The van der Waals surface area contributed by atoms with E-state index in [4.69, 9.17) is 4.74 Å². The topological polar surface area (TPSA) is 105 Å². The second-order valence-corrected chi connectivity index (χ2v) is 8.25. The zero-order valence-electron chi connectivity index (χ0n) is 19.6. The number of alkyl carbamates (subject to hydrolysis) is 1. The third-order valence-corrected chi connectivity index (χ3v) is 5.44. The average Bonchev–Trinajstić information content (AvgIpc) is 2.87. The number of ether oxygens (including phenoxy) is 1. The van der Waals surface area contributed by atoms with E-state index in [2.05, 4.69) is 10.6 Å². The van der Waals surface area contributed by atoms with E-state index in [-0.39, 0.29) is 25.0 Å². The second kappa shape index (κ2) is 12.6. The summed E-state index contributed by atoms with van der Waals surface area (Å²) >= 11 is 0. The molecule has 0 heterocycles. The summed E-state index contributed by atoms with van der Waals surface area (Å²) in [6, 6.07) is 19.1. The summed E-state index contributed by atoms with van der Waals surface area (Å²) in [5.41, 5.74) is 0.869. The highest BCUT2D eigenvalue weighted by atomic mass is 19.4. The van der Waals surface area contributed by atoms with Gasteiger partial charge in [-0.15, -0.1) is 0 Å². The first-order valence-electron chi connectivity index (χ1n) is 11.3. The second-order valence-electron chi connectivity index (χ2n) is 8.25. The lowest BCUT2D eigenvalue weighted by molar-refractivity contribution is -0.142. The van der Waals surface area contributed by atoms with Crippen LogP contribution in [0.15, 0.2) is 84.9 Å². The van der Waals surface area contributed by atoms with E-state index in [1.807, 2.05) is 6.07 Å². The molecule has 37 heavy (non-hydrogen) atoms. The molecule has 3 aromatic rings. The van der Waals surface area contributed by atoms with Crippen LogP contribution in [-0.4, -0.2) is 35.2 Å². The summed E-state index contributed by atoms with van der Waals surface area (Å²) < 4.78 is 43.6. The molecule has 0 aromatic heterocycles. The highest BCUT2D eigenvalue weighted by Gasteiger charge is 2.31. The summed E-state index contributed by atoms with van der Waals surface area (Å²) in [5.74, 6) is -2.15. The number of rotatable bonds is 10.